The van der Waals surface area contributed by atoms with Gasteiger partial charge in [0, 0.05) is 19.6 Å². The highest BCUT2D eigenvalue weighted by Crippen LogP contribution is 2.20. The fourth-order valence-electron chi connectivity index (χ4n) is 1.31. The lowest BCUT2D eigenvalue weighted by Crippen LogP contribution is -2.43. The number of alkyl halides is 3. The van der Waals surface area contributed by atoms with Crippen LogP contribution in [0, 0.1) is 0 Å². The molecule has 2 N–H and O–H groups in total. The van der Waals surface area contributed by atoms with E-state index in [0.717, 1.165) is 0 Å². The molecule has 84 valence electrons. The number of hydrogen-bond acceptors (Lipinski definition) is 3. The number of rotatable bonds is 3. The third kappa shape index (κ3) is 3.81. The summed E-state index contributed by atoms with van der Waals surface area (Å²) in [5, 5.41) is 0. The lowest BCUT2D eigenvalue weighted by molar-refractivity contribution is -0.150. The zero-order chi connectivity index (χ0) is 10.6. The number of halogens is 3. The predicted molar refractivity (Wildman–Crippen MR) is 45.9 cm³/mol. The van der Waals surface area contributed by atoms with Crippen molar-refractivity contribution in [2.75, 3.05) is 32.8 Å². The van der Waals surface area contributed by atoms with E-state index in [1.165, 1.54) is 0 Å². The van der Waals surface area contributed by atoms with E-state index < -0.39 is 12.2 Å². The van der Waals surface area contributed by atoms with Gasteiger partial charge in [-0.3, -0.25) is 4.90 Å². The lowest BCUT2D eigenvalue weighted by Gasteiger charge is -2.27. The first-order chi connectivity index (χ1) is 6.50. The Labute approximate surface area is 81.0 Å². The van der Waals surface area contributed by atoms with Gasteiger partial charge < -0.3 is 10.5 Å². The molecule has 3 nitrogen and oxygen atoms in total. The summed E-state index contributed by atoms with van der Waals surface area (Å²) in [6, 6.07) is -1.70. The number of nitrogens with zero attached hydrogens (tertiary/aromatic N) is 1. The van der Waals surface area contributed by atoms with Gasteiger partial charge in [-0.1, -0.05) is 0 Å². The Hall–Kier alpha value is -0.330. The smallest absolute Gasteiger partial charge is 0.379 e. The molecular formula is C8H15F3N2O. The molecule has 6 heteroatoms. The second-order valence-corrected chi connectivity index (χ2v) is 3.39. The van der Waals surface area contributed by atoms with E-state index in [0.29, 0.717) is 32.8 Å². The monoisotopic (exact) mass is 212 g/mol. The van der Waals surface area contributed by atoms with Gasteiger partial charge in [0.1, 0.15) is 6.04 Å². The molecule has 1 unspecified atom stereocenters. The quantitative estimate of drug-likeness (QED) is 0.744. The Morgan fingerprint density at radius 2 is 1.86 bits per heavy atom. The van der Waals surface area contributed by atoms with E-state index in [1.807, 2.05) is 4.90 Å². The van der Waals surface area contributed by atoms with Crippen LogP contribution in [0.5, 0.6) is 0 Å². The van der Waals surface area contributed by atoms with Crippen molar-refractivity contribution in [1.29, 1.82) is 0 Å². The zero-order valence-electron chi connectivity index (χ0n) is 7.89. The van der Waals surface area contributed by atoms with Gasteiger partial charge >= 0.3 is 6.18 Å². The van der Waals surface area contributed by atoms with Gasteiger partial charge in [0.05, 0.1) is 13.2 Å². The standard InChI is InChI=1S/C8H15F3N2O/c9-8(10,11)7(12)1-2-13-3-5-14-6-4-13/h7H,1-6,12H2. The molecule has 0 bridgehead atoms. The summed E-state index contributed by atoms with van der Waals surface area (Å²) in [7, 11) is 0. The molecule has 1 fully saturated rings. The molecule has 0 aromatic rings. The highest BCUT2D eigenvalue weighted by Gasteiger charge is 2.36. The molecule has 1 heterocycles. The van der Waals surface area contributed by atoms with E-state index in [-0.39, 0.29) is 6.42 Å². The van der Waals surface area contributed by atoms with E-state index in [2.05, 4.69) is 0 Å². The van der Waals surface area contributed by atoms with E-state index in [9.17, 15) is 13.2 Å². The molecule has 0 spiro atoms. The van der Waals surface area contributed by atoms with E-state index >= 15 is 0 Å². The molecule has 1 rings (SSSR count). The first kappa shape index (κ1) is 11.7. The first-order valence-electron chi connectivity index (χ1n) is 4.62. The second kappa shape index (κ2) is 4.95. The van der Waals surface area contributed by atoms with Gasteiger partial charge in [0.25, 0.3) is 0 Å². The van der Waals surface area contributed by atoms with Crippen LogP contribution in [0.3, 0.4) is 0 Å². The third-order valence-electron chi connectivity index (χ3n) is 2.28. The fraction of sp³-hybridized carbons (Fsp3) is 1.00. The Kier molecular flexibility index (Phi) is 4.15. The van der Waals surface area contributed by atoms with Gasteiger partial charge in [0.2, 0.25) is 0 Å². The SMILES string of the molecule is NC(CCN1CCOCC1)C(F)(F)F. The second-order valence-electron chi connectivity index (χ2n) is 3.39. The van der Waals surface area contributed by atoms with Gasteiger partial charge in [-0.05, 0) is 6.42 Å². The van der Waals surface area contributed by atoms with Crippen LogP contribution >= 0.6 is 0 Å². The van der Waals surface area contributed by atoms with Crippen molar-refractivity contribution in [3.05, 3.63) is 0 Å². The topological polar surface area (TPSA) is 38.5 Å². The normalized spacial score (nSPS) is 22.3. The summed E-state index contributed by atoms with van der Waals surface area (Å²) in [6.45, 7) is 2.99. The Balaban J connectivity index is 2.19. The maximum Gasteiger partial charge on any atom is 0.403 e. The maximum absolute atomic E-state index is 12.0. The van der Waals surface area contributed by atoms with Crippen molar-refractivity contribution in [2.24, 2.45) is 5.73 Å². The van der Waals surface area contributed by atoms with Crippen LogP contribution in [0.2, 0.25) is 0 Å². The molecule has 0 aliphatic carbocycles. The number of ether oxygens (including phenoxy) is 1. The lowest BCUT2D eigenvalue weighted by atomic mass is 10.2. The number of hydrogen-bond donors (Lipinski definition) is 1. The zero-order valence-corrected chi connectivity index (χ0v) is 7.89. The number of nitrogens with two attached hydrogens (primary N) is 1. The van der Waals surface area contributed by atoms with E-state index in [1.54, 1.807) is 0 Å². The molecule has 1 aliphatic heterocycles. The molecule has 0 radical (unpaired) electrons. The third-order valence-corrected chi connectivity index (χ3v) is 2.28. The summed E-state index contributed by atoms with van der Waals surface area (Å²) in [4.78, 5) is 1.94. The summed E-state index contributed by atoms with van der Waals surface area (Å²) in [6.07, 6.45) is -4.31. The average Bonchev–Trinajstić information content (AvgIpc) is 2.14. The maximum atomic E-state index is 12.0. The largest absolute Gasteiger partial charge is 0.403 e. The summed E-state index contributed by atoms with van der Waals surface area (Å²) < 4.78 is 41.2. The van der Waals surface area contributed by atoms with Crippen molar-refractivity contribution in [3.8, 4) is 0 Å². The molecular weight excluding hydrogens is 197 g/mol. The average molecular weight is 212 g/mol. The molecule has 1 saturated heterocycles. The molecule has 0 aromatic heterocycles. The van der Waals surface area contributed by atoms with Crippen molar-refractivity contribution < 1.29 is 17.9 Å². The minimum absolute atomic E-state index is 0.0382. The molecule has 1 aliphatic rings. The van der Waals surface area contributed by atoms with Crippen LogP contribution in [-0.2, 0) is 4.74 Å². The molecule has 0 amide bonds. The van der Waals surface area contributed by atoms with Crippen LogP contribution in [0.25, 0.3) is 0 Å². The van der Waals surface area contributed by atoms with Crippen LogP contribution < -0.4 is 5.73 Å². The summed E-state index contributed by atoms with van der Waals surface area (Å²) in [5.74, 6) is 0. The van der Waals surface area contributed by atoms with Gasteiger partial charge in [0.15, 0.2) is 0 Å². The number of morpholine rings is 1. The van der Waals surface area contributed by atoms with Gasteiger partial charge in [-0.25, -0.2) is 0 Å². The minimum atomic E-state index is -4.27. The first-order valence-corrected chi connectivity index (χ1v) is 4.62. The molecule has 1 atom stereocenters. The Bertz CT molecular complexity index is 168. The summed E-state index contributed by atoms with van der Waals surface area (Å²) >= 11 is 0. The summed E-state index contributed by atoms with van der Waals surface area (Å²) in [5.41, 5.74) is 4.98. The molecule has 0 aromatic carbocycles. The highest BCUT2D eigenvalue weighted by molar-refractivity contribution is 4.73. The van der Waals surface area contributed by atoms with Crippen molar-refractivity contribution in [3.63, 3.8) is 0 Å². The van der Waals surface area contributed by atoms with Crippen LogP contribution in [0.4, 0.5) is 13.2 Å². The van der Waals surface area contributed by atoms with E-state index in [4.69, 9.17) is 10.5 Å². The van der Waals surface area contributed by atoms with Crippen molar-refractivity contribution in [2.45, 2.75) is 18.6 Å². The van der Waals surface area contributed by atoms with Crippen LogP contribution in [0.1, 0.15) is 6.42 Å². The van der Waals surface area contributed by atoms with Gasteiger partial charge in [-0.2, -0.15) is 13.2 Å². The molecule has 0 saturated carbocycles. The fourth-order valence-corrected chi connectivity index (χ4v) is 1.31. The molecule has 14 heavy (non-hydrogen) atoms. The van der Waals surface area contributed by atoms with Crippen LogP contribution in [-0.4, -0.2) is 50.0 Å². The van der Waals surface area contributed by atoms with Crippen LogP contribution in [0.15, 0.2) is 0 Å². The highest BCUT2D eigenvalue weighted by atomic mass is 19.4. The Morgan fingerprint density at radius 1 is 1.29 bits per heavy atom. The van der Waals surface area contributed by atoms with Gasteiger partial charge in [-0.15, -0.1) is 0 Å². The Morgan fingerprint density at radius 3 is 2.36 bits per heavy atom. The predicted octanol–water partition coefficient (Wildman–Crippen LogP) is 0.598. The minimum Gasteiger partial charge on any atom is -0.379 e. The van der Waals surface area contributed by atoms with Crippen molar-refractivity contribution in [1.82, 2.24) is 4.90 Å². The van der Waals surface area contributed by atoms with Crippen molar-refractivity contribution >= 4 is 0 Å².